The summed E-state index contributed by atoms with van der Waals surface area (Å²) in [4.78, 5) is 24.7. The molecule has 0 aliphatic carbocycles. The van der Waals surface area contributed by atoms with Crippen LogP contribution in [0.3, 0.4) is 0 Å². The molecule has 3 heterocycles. The van der Waals surface area contributed by atoms with Gasteiger partial charge in [-0.3, -0.25) is 10.1 Å². The lowest BCUT2D eigenvalue weighted by molar-refractivity contribution is -0.137. The summed E-state index contributed by atoms with van der Waals surface area (Å²) in [6.45, 7) is 0. The van der Waals surface area contributed by atoms with Crippen molar-refractivity contribution in [1.82, 2.24) is 19.4 Å². The first kappa shape index (κ1) is 17.2. The van der Waals surface area contributed by atoms with Crippen LogP contribution < -0.4 is 5.32 Å². The van der Waals surface area contributed by atoms with Crippen LogP contribution in [-0.2, 0) is 6.18 Å². The minimum Gasteiger partial charge on any atom is -0.303 e. The van der Waals surface area contributed by atoms with E-state index in [-0.39, 0.29) is 22.6 Å². The Kier molecular flexibility index (Phi) is 4.11. The third-order valence-electron chi connectivity index (χ3n) is 3.75. The van der Waals surface area contributed by atoms with Crippen molar-refractivity contribution in [2.75, 3.05) is 5.32 Å². The van der Waals surface area contributed by atoms with Crippen LogP contribution in [0, 0.1) is 0 Å². The summed E-state index contributed by atoms with van der Waals surface area (Å²) in [5, 5.41) is 4.67. The SMILES string of the molecule is O=C(Nc1nccs1)c1nccn2cc(-c3ccccc3C(F)(F)F)nc12. The first-order valence-electron chi connectivity index (χ1n) is 7.64. The van der Waals surface area contributed by atoms with Crippen molar-refractivity contribution in [3.8, 4) is 11.3 Å². The molecule has 4 rings (SSSR count). The summed E-state index contributed by atoms with van der Waals surface area (Å²) in [7, 11) is 0. The number of nitrogens with one attached hydrogen (secondary N) is 1. The van der Waals surface area contributed by atoms with Gasteiger partial charge >= 0.3 is 6.18 Å². The van der Waals surface area contributed by atoms with E-state index in [1.807, 2.05) is 0 Å². The molecule has 0 atom stereocenters. The molecule has 4 aromatic rings. The summed E-state index contributed by atoms with van der Waals surface area (Å²) >= 11 is 1.24. The Morgan fingerprint density at radius 3 is 2.70 bits per heavy atom. The number of aromatic nitrogens is 4. The summed E-state index contributed by atoms with van der Waals surface area (Å²) < 4.78 is 41.3. The Morgan fingerprint density at radius 1 is 1.15 bits per heavy atom. The van der Waals surface area contributed by atoms with Gasteiger partial charge in [0.2, 0.25) is 0 Å². The monoisotopic (exact) mass is 389 g/mol. The smallest absolute Gasteiger partial charge is 0.303 e. The highest BCUT2D eigenvalue weighted by molar-refractivity contribution is 7.13. The lowest BCUT2D eigenvalue weighted by Crippen LogP contribution is -2.15. The molecule has 0 bridgehead atoms. The Hall–Kier alpha value is -3.27. The van der Waals surface area contributed by atoms with Crippen molar-refractivity contribution in [2.24, 2.45) is 0 Å². The predicted molar refractivity (Wildman–Crippen MR) is 93.5 cm³/mol. The standard InChI is InChI=1S/C17H10F3N5OS/c18-17(19,20)11-4-2-1-3-10(11)12-9-25-7-5-21-13(14(25)23-12)15(26)24-16-22-6-8-27-16/h1-9H,(H,22,24,26). The zero-order chi connectivity index (χ0) is 19.0. The number of carbonyl (C=O) groups is 1. The van der Waals surface area contributed by atoms with Gasteiger partial charge < -0.3 is 4.40 Å². The van der Waals surface area contributed by atoms with Crippen LogP contribution in [0.1, 0.15) is 16.1 Å². The number of amides is 1. The number of halogens is 3. The number of fused-ring (bicyclic) bond motifs is 1. The molecule has 0 radical (unpaired) electrons. The number of carbonyl (C=O) groups excluding carboxylic acids is 1. The fraction of sp³-hybridized carbons (Fsp3) is 0.0588. The maximum atomic E-state index is 13.3. The van der Waals surface area contributed by atoms with Crippen LogP contribution >= 0.6 is 11.3 Å². The number of benzene rings is 1. The van der Waals surface area contributed by atoms with Crippen molar-refractivity contribution < 1.29 is 18.0 Å². The van der Waals surface area contributed by atoms with Gasteiger partial charge in [0.25, 0.3) is 5.91 Å². The van der Waals surface area contributed by atoms with E-state index in [2.05, 4.69) is 20.3 Å². The predicted octanol–water partition coefficient (Wildman–Crippen LogP) is 4.12. The second-order valence-corrected chi connectivity index (χ2v) is 6.36. The molecule has 0 saturated carbocycles. The van der Waals surface area contributed by atoms with Gasteiger partial charge in [0.05, 0.1) is 11.3 Å². The highest BCUT2D eigenvalue weighted by Gasteiger charge is 2.34. The Labute approximate surface area is 154 Å². The van der Waals surface area contributed by atoms with Gasteiger partial charge in [-0.15, -0.1) is 11.3 Å². The first-order chi connectivity index (χ1) is 12.9. The molecule has 3 aromatic heterocycles. The maximum absolute atomic E-state index is 13.3. The summed E-state index contributed by atoms with van der Waals surface area (Å²) in [6, 6.07) is 5.15. The fourth-order valence-electron chi connectivity index (χ4n) is 2.60. The van der Waals surface area contributed by atoms with Crippen LogP contribution in [0.15, 0.2) is 54.4 Å². The van der Waals surface area contributed by atoms with Gasteiger partial charge in [0.15, 0.2) is 16.5 Å². The third-order valence-corrected chi connectivity index (χ3v) is 4.44. The van der Waals surface area contributed by atoms with Crippen molar-refractivity contribution in [3.63, 3.8) is 0 Å². The largest absolute Gasteiger partial charge is 0.417 e. The third kappa shape index (κ3) is 3.26. The van der Waals surface area contributed by atoms with Gasteiger partial charge in [-0.2, -0.15) is 13.2 Å². The first-order valence-corrected chi connectivity index (χ1v) is 8.52. The number of thiazole rings is 1. The quantitative estimate of drug-likeness (QED) is 0.572. The van der Waals surface area contributed by atoms with Crippen molar-refractivity contribution in [3.05, 3.63) is 65.7 Å². The molecular formula is C17H10F3N5OS. The topological polar surface area (TPSA) is 72.2 Å². The van der Waals surface area contributed by atoms with E-state index in [1.165, 1.54) is 58.7 Å². The molecule has 0 aliphatic rings. The molecule has 0 fully saturated rings. The highest BCUT2D eigenvalue weighted by Crippen LogP contribution is 2.36. The lowest BCUT2D eigenvalue weighted by atomic mass is 10.1. The van der Waals surface area contributed by atoms with Crippen LogP contribution in [0.2, 0.25) is 0 Å². The van der Waals surface area contributed by atoms with Crippen LogP contribution in [0.25, 0.3) is 16.9 Å². The number of alkyl halides is 3. The molecule has 1 N–H and O–H groups in total. The highest BCUT2D eigenvalue weighted by atomic mass is 32.1. The number of rotatable bonds is 3. The van der Waals surface area contributed by atoms with Crippen LogP contribution in [0.5, 0.6) is 0 Å². The number of anilines is 1. The van der Waals surface area contributed by atoms with Crippen LogP contribution in [0.4, 0.5) is 18.3 Å². The van der Waals surface area contributed by atoms with E-state index in [0.717, 1.165) is 6.07 Å². The normalized spacial score (nSPS) is 11.7. The zero-order valence-electron chi connectivity index (χ0n) is 13.4. The maximum Gasteiger partial charge on any atom is 0.417 e. The van der Waals surface area contributed by atoms with Crippen molar-refractivity contribution in [2.45, 2.75) is 6.18 Å². The Morgan fingerprint density at radius 2 is 1.96 bits per heavy atom. The van der Waals surface area contributed by atoms with Crippen molar-refractivity contribution in [1.29, 1.82) is 0 Å². The fourth-order valence-corrected chi connectivity index (χ4v) is 3.13. The van der Waals surface area contributed by atoms with E-state index >= 15 is 0 Å². The second kappa shape index (κ2) is 6.47. The molecule has 6 nitrogen and oxygen atoms in total. The average molecular weight is 389 g/mol. The number of imidazole rings is 1. The van der Waals surface area contributed by atoms with Gasteiger partial charge in [0, 0.05) is 35.7 Å². The van der Waals surface area contributed by atoms with E-state index in [1.54, 1.807) is 5.38 Å². The van der Waals surface area contributed by atoms with Crippen LogP contribution in [-0.4, -0.2) is 25.3 Å². The number of nitrogens with zero attached hydrogens (tertiary/aromatic N) is 4. The molecule has 27 heavy (non-hydrogen) atoms. The van der Waals surface area contributed by atoms with Crippen molar-refractivity contribution >= 4 is 28.0 Å². The molecule has 0 spiro atoms. The summed E-state index contributed by atoms with van der Waals surface area (Å²) in [5.41, 5.74) is -0.628. The van der Waals surface area contributed by atoms with E-state index in [4.69, 9.17) is 0 Å². The minimum atomic E-state index is -4.52. The molecule has 136 valence electrons. The summed E-state index contributed by atoms with van der Waals surface area (Å²) in [5.74, 6) is -0.545. The molecular weight excluding hydrogens is 379 g/mol. The number of hydrogen-bond acceptors (Lipinski definition) is 5. The van der Waals surface area contributed by atoms with E-state index in [0.29, 0.717) is 5.13 Å². The second-order valence-electron chi connectivity index (χ2n) is 5.47. The van der Waals surface area contributed by atoms with Gasteiger partial charge in [-0.05, 0) is 6.07 Å². The van der Waals surface area contributed by atoms with E-state index < -0.39 is 17.6 Å². The molecule has 1 amide bonds. The van der Waals surface area contributed by atoms with E-state index in [9.17, 15) is 18.0 Å². The van der Waals surface area contributed by atoms with Gasteiger partial charge in [-0.25, -0.2) is 15.0 Å². The number of hydrogen-bond donors (Lipinski definition) is 1. The lowest BCUT2D eigenvalue weighted by Gasteiger charge is -2.10. The molecule has 0 saturated heterocycles. The molecule has 0 unspecified atom stereocenters. The zero-order valence-corrected chi connectivity index (χ0v) is 14.3. The molecule has 10 heteroatoms. The van der Waals surface area contributed by atoms with Gasteiger partial charge in [-0.1, -0.05) is 18.2 Å². The Balaban J connectivity index is 1.79. The minimum absolute atomic E-state index is 0.0107. The average Bonchev–Trinajstić information content (AvgIpc) is 3.29. The summed E-state index contributed by atoms with van der Waals surface area (Å²) in [6.07, 6.45) is 1.35. The molecule has 1 aromatic carbocycles. The Bertz CT molecular complexity index is 1120. The molecule has 0 aliphatic heterocycles. The van der Waals surface area contributed by atoms with Gasteiger partial charge in [0.1, 0.15) is 0 Å².